The second-order valence-electron chi connectivity index (χ2n) is 8.16. The predicted molar refractivity (Wildman–Crippen MR) is 118 cm³/mol. The van der Waals surface area contributed by atoms with Gasteiger partial charge in [-0.1, -0.05) is 36.4 Å². The van der Waals surface area contributed by atoms with Gasteiger partial charge in [-0.15, -0.1) is 11.8 Å². The van der Waals surface area contributed by atoms with Crippen molar-refractivity contribution in [3.8, 4) is 5.75 Å². The lowest BCUT2D eigenvalue weighted by Gasteiger charge is -2.44. The molecule has 5 heteroatoms. The summed E-state index contributed by atoms with van der Waals surface area (Å²) in [6, 6.07) is 16.0. The van der Waals surface area contributed by atoms with Gasteiger partial charge in [0.1, 0.15) is 5.75 Å². The molecule has 4 nitrogen and oxygen atoms in total. The number of piperidine rings is 1. The molecule has 0 spiro atoms. The first-order valence-corrected chi connectivity index (χ1v) is 11.0. The zero-order valence-electron chi connectivity index (χ0n) is 17.7. The molecule has 0 bridgehead atoms. The minimum Gasteiger partial charge on any atom is -0.426 e. The van der Waals surface area contributed by atoms with Gasteiger partial charge in [-0.05, 0) is 77.0 Å². The van der Waals surface area contributed by atoms with E-state index in [4.69, 9.17) is 4.74 Å². The zero-order chi connectivity index (χ0) is 21.0. The van der Waals surface area contributed by atoms with Crippen molar-refractivity contribution in [2.75, 3.05) is 20.1 Å². The smallest absolute Gasteiger partial charge is 0.316 e. The number of ether oxygens (including phenoxy) is 1. The van der Waals surface area contributed by atoms with Crippen molar-refractivity contribution >= 4 is 17.7 Å². The summed E-state index contributed by atoms with van der Waals surface area (Å²) in [6.07, 6.45) is 0.856. The summed E-state index contributed by atoms with van der Waals surface area (Å²) < 4.78 is 5.34. The number of carbonyl (C=O) groups is 1. The minimum atomic E-state index is -0.793. The molecule has 0 saturated carbocycles. The summed E-state index contributed by atoms with van der Waals surface area (Å²) in [4.78, 5) is 16.3. The molecule has 1 aliphatic rings. The van der Waals surface area contributed by atoms with Gasteiger partial charge in [0, 0.05) is 9.64 Å². The van der Waals surface area contributed by atoms with E-state index in [0.29, 0.717) is 5.75 Å². The third-order valence-electron chi connectivity index (χ3n) is 5.89. The lowest BCUT2D eigenvalue weighted by Crippen LogP contribution is -2.52. The van der Waals surface area contributed by atoms with Crippen LogP contribution in [0.5, 0.6) is 5.75 Å². The molecule has 1 aliphatic heterocycles. The van der Waals surface area contributed by atoms with E-state index in [2.05, 4.69) is 24.1 Å². The van der Waals surface area contributed by atoms with Crippen LogP contribution in [0.3, 0.4) is 0 Å². The molecule has 2 aromatic rings. The van der Waals surface area contributed by atoms with Gasteiger partial charge in [0.15, 0.2) is 0 Å². The molecular weight excluding hydrogens is 382 g/mol. The van der Waals surface area contributed by atoms with Gasteiger partial charge in [0.2, 0.25) is 0 Å². The Bertz CT molecular complexity index is 811. The average molecular weight is 414 g/mol. The Balaban J connectivity index is 1.81. The number of aliphatic hydroxyl groups excluding tert-OH is 1. The molecule has 2 atom stereocenters. The highest BCUT2D eigenvalue weighted by Crippen LogP contribution is 2.45. The molecule has 1 heterocycles. The van der Waals surface area contributed by atoms with Gasteiger partial charge in [-0.3, -0.25) is 4.79 Å². The highest BCUT2D eigenvalue weighted by atomic mass is 32.2. The lowest BCUT2D eigenvalue weighted by molar-refractivity contribution is -0.143. The third-order valence-corrected chi connectivity index (χ3v) is 7.46. The standard InChI is InChI=1S/C24H31NO3S/c1-17-9-8-10-18(2)21(17)28-23(27)19(3)22(26)24(13-15-25(4)16-14-24)29-20-11-6-5-7-12-20/h5-12,19,22,26H,13-16H2,1-4H3/t19-,22+/m0/s1. The number of rotatable bonds is 6. The van der Waals surface area contributed by atoms with Crippen LogP contribution >= 0.6 is 11.8 Å². The molecule has 1 saturated heterocycles. The van der Waals surface area contributed by atoms with E-state index in [1.54, 1.807) is 18.7 Å². The van der Waals surface area contributed by atoms with Crippen molar-refractivity contribution in [1.82, 2.24) is 4.90 Å². The van der Waals surface area contributed by atoms with Crippen LogP contribution in [0.25, 0.3) is 0 Å². The molecule has 0 aliphatic carbocycles. The fourth-order valence-electron chi connectivity index (χ4n) is 3.92. The normalized spacial score (nSPS) is 18.8. The van der Waals surface area contributed by atoms with Crippen LogP contribution in [0.2, 0.25) is 0 Å². The zero-order valence-corrected chi connectivity index (χ0v) is 18.5. The van der Waals surface area contributed by atoms with Crippen molar-refractivity contribution in [1.29, 1.82) is 0 Å². The van der Waals surface area contributed by atoms with E-state index in [9.17, 15) is 9.90 Å². The molecule has 156 valence electrons. The number of hydrogen-bond donors (Lipinski definition) is 1. The van der Waals surface area contributed by atoms with Crippen LogP contribution in [0, 0.1) is 19.8 Å². The molecule has 2 aromatic carbocycles. The molecule has 0 unspecified atom stereocenters. The summed E-state index contributed by atoms with van der Waals surface area (Å²) in [7, 11) is 2.10. The first-order valence-electron chi connectivity index (χ1n) is 10.2. The van der Waals surface area contributed by atoms with Crippen molar-refractivity contribution < 1.29 is 14.6 Å². The van der Waals surface area contributed by atoms with Crippen LogP contribution in [-0.4, -0.2) is 47.0 Å². The molecule has 0 aromatic heterocycles. The number of esters is 1. The quantitative estimate of drug-likeness (QED) is 0.560. The van der Waals surface area contributed by atoms with Crippen LogP contribution < -0.4 is 4.74 Å². The van der Waals surface area contributed by atoms with Crippen LogP contribution in [-0.2, 0) is 4.79 Å². The molecule has 3 rings (SSSR count). The number of para-hydroxylation sites is 1. The Hall–Kier alpha value is -1.82. The summed E-state index contributed by atoms with van der Waals surface area (Å²) in [6.45, 7) is 7.44. The highest BCUT2D eigenvalue weighted by Gasteiger charge is 2.46. The maximum absolute atomic E-state index is 13.0. The van der Waals surface area contributed by atoms with Crippen LogP contribution in [0.1, 0.15) is 30.9 Å². The Morgan fingerprint density at radius 1 is 1.07 bits per heavy atom. The number of benzene rings is 2. The second-order valence-corrected chi connectivity index (χ2v) is 9.65. The van der Waals surface area contributed by atoms with Crippen molar-refractivity contribution in [3.63, 3.8) is 0 Å². The summed E-state index contributed by atoms with van der Waals surface area (Å²) in [5.74, 6) is -0.389. The van der Waals surface area contributed by atoms with Crippen LogP contribution in [0.15, 0.2) is 53.4 Å². The molecule has 1 N–H and O–H groups in total. The second kappa shape index (κ2) is 9.33. The first kappa shape index (κ1) is 21.9. The van der Waals surface area contributed by atoms with Crippen LogP contribution in [0.4, 0.5) is 0 Å². The maximum atomic E-state index is 13.0. The Morgan fingerprint density at radius 3 is 2.24 bits per heavy atom. The molecule has 1 fully saturated rings. The summed E-state index contributed by atoms with van der Waals surface area (Å²) in [5, 5.41) is 11.4. The molecular formula is C24H31NO3S. The molecule has 0 radical (unpaired) electrons. The minimum absolute atomic E-state index is 0.373. The first-order chi connectivity index (χ1) is 13.8. The van der Waals surface area contributed by atoms with Gasteiger partial charge in [-0.25, -0.2) is 0 Å². The summed E-state index contributed by atoms with van der Waals surface area (Å²) >= 11 is 1.70. The van der Waals surface area contributed by atoms with E-state index in [-0.39, 0.29) is 5.97 Å². The largest absolute Gasteiger partial charge is 0.426 e. The topological polar surface area (TPSA) is 49.8 Å². The van der Waals surface area contributed by atoms with Gasteiger partial charge in [0.05, 0.1) is 12.0 Å². The van der Waals surface area contributed by atoms with Gasteiger partial charge in [-0.2, -0.15) is 0 Å². The fraction of sp³-hybridized carbons (Fsp3) is 0.458. The Kier molecular flexibility index (Phi) is 7.04. The van der Waals surface area contributed by atoms with E-state index in [0.717, 1.165) is 42.0 Å². The number of likely N-dealkylation sites (tertiary alicyclic amines) is 1. The maximum Gasteiger partial charge on any atom is 0.316 e. The fourth-order valence-corrected chi connectivity index (χ4v) is 5.39. The number of aliphatic hydroxyl groups is 1. The number of hydrogen-bond acceptors (Lipinski definition) is 5. The number of carbonyl (C=O) groups excluding carboxylic acids is 1. The van der Waals surface area contributed by atoms with Crippen molar-refractivity contribution in [2.45, 2.75) is 49.4 Å². The monoisotopic (exact) mass is 413 g/mol. The van der Waals surface area contributed by atoms with Gasteiger partial charge in [0.25, 0.3) is 0 Å². The number of nitrogens with zero attached hydrogens (tertiary/aromatic N) is 1. The van der Waals surface area contributed by atoms with Gasteiger partial charge >= 0.3 is 5.97 Å². The third kappa shape index (κ3) is 5.03. The average Bonchev–Trinajstić information content (AvgIpc) is 2.72. The lowest BCUT2D eigenvalue weighted by atomic mass is 9.84. The SMILES string of the molecule is Cc1cccc(C)c1OC(=O)[C@@H](C)[C@@H](O)C1(Sc2ccccc2)CCN(C)CC1. The highest BCUT2D eigenvalue weighted by molar-refractivity contribution is 8.00. The van der Waals surface area contributed by atoms with Gasteiger partial charge < -0.3 is 14.7 Å². The summed E-state index contributed by atoms with van der Waals surface area (Å²) in [5.41, 5.74) is 1.85. The predicted octanol–water partition coefficient (Wildman–Crippen LogP) is 4.46. The van der Waals surface area contributed by atoms with E-state index in [1.807, 2.05) is 50.2 Å². The molecule has 0 amide bonds. The number of aryl methyl sites for hydroxylation is 2. The van der Waals surface area contributed by atoms with Crippen molar-refractivity contribution in [3.05, 3.63) is 59.7 Å². The van der Waals surface area contributed by atoms with E-state index >= 15 is 0 Å². The Morgan fingerprint density at radius 2 is 1.66 bits per heavy atom. The van der Waals surface area contributed by atoms with E-state index in [1.165, 1.54) is 0 Å². The number of thioether (sulfide) groups is 1. The van der Waals surface area contributed by atoms with Crippen molar-refractivity contribution in [2.24, 2.45) is 5.92 Å². The van der Waals surface area contributed by atoms with E-state index < -0.39 is 16.8 Å². The Labute approximate surface area is 178 Å². The molecule has 29 heavy (non-hydrogen) atoms.